The van der Waals surface area contributed by atoms with Gasteiger partial charge in [0.25, 0.3) is 0 Å². The van der Waals surface area contributed by atoms with Crippen LogP contribution in [0.2, 0.25) is 0 Å². The lowest BCUT2D eigenvalue weighted by Gasteiger charge is -2.14. The summed E-state index contributed by atoms with van der Waals surface area (Å²) in [6, 6.07) is 7.12. The van der Waals surface area contributed by atoms with Crippen molar-refractivity contribution in [1.29, 1.82) is 0 Å². The van der Waals surface area contributed by atoms with Gasteiger partial charge in [-0.1, -0.05) is 12.1 Å². The quantitative estimate of drug-likeness (QED) is 0.776. The zero-order valence-electron chi connectivity index (χ0n) is 11.2. The lowest BCUT2D eigenvalue weighted by atomic mass is 10.1. The molecule has 4 heteroatoms. The zero-order valence-corrected chi connectivity index (χ0v) is 11.2. The summed E-state index contributed by atoms with van der Waals surface area (Å²) in [5.41, 5.74) is 1.16. The molecule has 102 valence electrons. The van der Waals surface area contributed by atoms with E-state index in [1.54, 1.807) is 6.20 Å². The van der Waals surface area contributed by atoms with Gasteiger partial charge in [0.15, 0.2) is 0 Å². The second-order valence-electron chi connectivity index (χ2n) is 4.84. The number of aryl methyl sites for hydroxylation is 1. The van der Waals surface area contributed by atoms with E-state index in [0.29, 0.717) is 6.04 Å². The van der Waals surface area contributed by atoms with E-state index in [9.17, 15) is 4.39 Å². The van der Waals surface area contributed by atoms with Gasteiger partial charge in [-0.25, -0.2) is 9.37 Å². The molecule has 1 N–H and O–H groups in total. The van der Waals surface area contributed by atoms with Gasteiger partial charge < -0.3 is 9.88 Å². The first-order chi connectivity index (χ1) is 9.24. The van der Waals surface area contributed by atoms with E-state index < -0.39 is 0 Å². The van der Waals surface area contributed by atoms with Crippen LogP contribution in [-0.4, -0.2) is 22.1 Å². The second-order valence-corrected chi connectivity index (χ2v) is 4.84. The van der Waals surface area contributed by atoms with Gasteiger partial charge in [-0.05, 0) is 44.0 Å². The van der Waals surface area contributed by atoms with Crippen LogP contribution in [-0.2, 0) is 13.0 Å². The molecule has 0 aliphatic heterocycles. The Balaban J connectivity index is 1.64. The van der Waals surface area contributed by atoms with Crippen LogP contribution < -0.4 is 5.32 Å². The minimum absolute atomic E-state index is 0.176. The Morgan fingerprint density at radius 3 is 2.79 bits per heavy atom. The van der Waals surface area contributed by atoms with Crippen LogP contribution in [0.15, 0.2) is 43.0 Å². The minimum Gasteiger partial charge on any atom is -0.337 e. The molecule has 3 nitrogen and oxygen atoms in total. The third-order valence-electron chi connectivity index (χ3n) is 3.10. The first-order valence-electron chi connectivity index (χ1n) is 6.67. The molecule has 1 aromatic carbocycles. The van der Waals surface area contributed by atoms with E-state index >= 15 is 0 Å². The van der Waals surface area contributed by atoms with Crippen molar-refractivity contribution in [2.75, 3.05) is 6.54 Å². The van der Waals surface area contributed by atoms with Crippen LogP contribution >= 0.6 is 0 Å². The monoisotopic (exact) mass is 261 g/mol. The highest BCUT2D eigenvalue weighted by atomic mass is 19.1. The number of hydrogen-bond donors (Lipinski definition) is 1. The Morgan fingerprint density at radius 1 is 1.32 bits per heavy atom. The maximum atomic E-state index is 12.8. The van der Waals surface area contributed by atoms with Crippen molar-refractivity contribution >= 4 is 0 Å². The van der Waals surface area contributed by atoms with Crippen LogP contribution in [0.4, 0.5) is 4.39 Å². The molecule has 2 rings (SSSR count). The summed E-state index contributed by atoms with van der Waals surface area (Å²) in [5, 5.41) is 3.48. The molecule has 2 aromatic rings. The zero-order chi connectivity index (χ0) is 13.5. The highest BCUT2D eigenvalue weighted by Crippen LogP contribution is 2.05. The van der Waals surface area contributed by atoms with Crippen molar-refractivity contribution in [3.63, 3.8) is 0 Å². The molecule has 0 bridgehead atoms. The Hall–Kier alpha value is -1.68. The van der Waals surface area contributed by atoms with Crippen LogP contribution in [0.25, 0.3) is 0 Å². The van der Waals surface area contributed by atoms with Gasteiger partial charge in [-0.15, -0.1) is 0 Å². The lowest BCUT2D eigenvalue weighted by molar-refractivity contribution is 0.509. The maximum Gasteiger partial charge on any atom is 0.123 e. The van der Waals surface area contributed by atoms with E-state index in [-0.39, 0.29) is 5.82 Å². The summed E-state index contributed by atoms with van der Waals surface area (Å²) in [5.74, 6) is -0.176. The topological polar surface area (TPSA) is 29.9 Å². The Bertz CT molecular complexity index is 465. The van der Waals surface area contributed by atoms with E-state index in [4.69, 9.17) is 0 Å². The first-order valence-corrected chi connectivity index (χ1v) is 6.67. The molecule has 0 amide bonds. The molecule has 0 saturated carbocycles. The number of aromatic nitrogens is 2. The Labute approximate surface area is 113 Å². The summed E-state index contributed by atoms with van der Waals surface area (Å²) in [7, 11) is 0. The first kappa shape index (κ1) is 13.7. The Morgan fingerprint density at radius 2 is 2.11 bits per heavy atom. The smallest absolute Gasteiger partial charge is 0.123 e. The number of nitrogens with one attached hydrogen (secondary N) is 1. The summed E-state index contributed by atoms with van der Waals surface area (Å²) in [6.07, 6.45) is 7.60. The van der Waals surface area contributed by atoms with Crippen LogP contribution in [0, 0.1) is 5.82 Å². The number of nitrogens with zero attached hydrogens (tertiary/aromatic N) is 2. The normalized spacial score (nSPS) is 12.5. The predicted molar refractivity (Wildman–Crippen MR) is 74.4 cm³/mol. The molecule has 0 radical (unpaired) electrons. The molecule has 0 spiro atoms. The van der Waals surface area contributed by atoms with E-state index in [0.717, 1.165) is 31.5 Å². The van der Waals surface area contributed by atoms with Crippen LogP contribution in [0.3, 0.4) is 0 Å². The van der Waals surface area contributed by atoms with Crippen molar-refractivity contribution in [3.05, 3.63) is 54.4 Å². The SMILES string of the molecule is CC(Cc1ccc(F)cc1)NCCCn1ccnc1. The minimum atomic E-state index is -0.176. The maximum absolute atomic E-state index is 12.8. The summed E-state index contributed by atoms with van der Waals surface area (Å²) >= 11 is 0. The lowest BCUT2D eigenvalue weighted by Crippen LogP contribution is -2.29. The summed E-state index contributed by atoms with van der Waals surface area (Å²) in [6.45, 7) is 4.11. The molecule has 1 atom stereocenters. The van der Waals surface area contributed by atoms with Crippen molar-refractivity contribution in [3.8, 4) is 0 Å². The molecule has 19 heavy (non-hydrogen) atoms. The highest BCUT2D eigenvalue weighted by molar-refractivity contribution is 5.16. The fourth-order valence-corrected chi connectivity index (χ4v) is 2.08. The molecular formula is C15H20FN3. The van der Waals surface area contributed by atoms with Crippen molar-refractivity contribution in [1.82, 2.24) is 14.9 Å². The molecule has 0 aliphatic rings. The third kappa shape index (κ3) is 4.83. The number of rotatable bonds is 7. The number of benzene rings is 1. The highest BCUT2D eigenvalue weighted by Gasteiger charge is 2.03. The van der Waals surface area contributed by atoms with Gasteiger partial charge in [0.1, 0.15) is 5.82 Å². The van der Waals surface area contributed by atoms with Crippen molar-refractivity contribution in [2.24, 2.45) is 0 Å². The fourth-order valence-electron chi connectivity index (χ4n) is 2.08. The van der Waals surface area contributed by atoms with E-state index in [2.05, 4.69) is 21.8 Å². The van der Waals surface area contributed by atoms with Gasteiger partial charge in [-0.2, -0.15) is 0 Å². The van der Waals surface area contributed by atoms with Gasteiger partial charge in [0, 0.05) is 25.0 Å². The van der Waals surface area contributed by atoms with E-state index in [1.807, 2.05) is 24.7 Å². The second kappa shape index (κ2) is 7.04. The third-order valence-corrected chi connectivity index (χ3v) is 3.10. The molecule has 1 heterocycles. The molecule has 0 aliphatic carbocycles. The molecule has 1 unspecified atom stereocenters. The van der Waals surface area contributed by atoms with Gasteiger partial charge in [-0.3, -0.25) is 0 Å². The van der Waals surface area contributed by atoms with Gasteiger partial charge in [0.05, 0.1) is 6.33 Å². The van der Waals surface area contributed by atoms with Crippen LogP contribution in [0.1, 0.15) is 18.9 Å². The molecular weight excluding hydrogens is 241 g/mol. The fraction of sp³-hybridized carbons (Fsp3) is 0.400. The van der Waals surface area contributed by atoms with Crippen molar-refractivity contribution < 1.29 is 4.39 Å². The number of halogens is 1. The standard InChI is InChI=1S/C15H20FN3/c1-13(11-14-3-5-15(16)6-4-14)18-7-2-9-19-10-8-17-12-19/h3-6,8,10,12-13,18H,2,7,9,11H2,1H3. The average molecular weight is 261 g/mol. The molecule has 1 aromatic heterocycles. The molecule has 0 fully saturated rings. The van der Waals surface area contributed by atoms with Crippen LogP contribution in [0.5, 0.6) is 0 Å². The number of hydrogen-bond acceptors (Lipinski definition) is 2. The van der Waals surface area contributed by atoms with Gasteiger partial charge >= 0.3 is 0 Å². The Kier molecular flexibility index (Phi) is 5.10. The largest absolute Gasteiger partial charge is 0.337 e. The van der Waals surface area contributed by atoms with Gasteiger partial charge in [0.2, 0.25) is 0 Å². The number of imidazole rings is 1. The average Bonchev–Trinajstić information content (AvgIpc) is 2.91. The summed E-state index contributed by atoms with van der Waals surface area (Å²) < 4.78 is 14.9. The predicted octanol–water partition coefficient (Wildman–Crippen LogP) is 2.63. The summed E-state index contributed by atoms with van der Waals surface area (Å²) in [4.78, 5) is 4.01. The van der Waals surface area contributed by atoms with E-state index in [1.165, 1.54) is 12.1 Å². The molecule has 0 saturated heterocycles. The van der Waals surface area contributed by atoms with Crippen molar-refractivity contribution in [2.45, 2.75) is 32.4 Å².